The number of hydrogen-bond donors (Lipinski definition) is 1. The molecule has 1 heterocycles. The van der Waals surface area contributed by atoms with Crippen LogP contribution in [0.3, 0.4) is 0 Å². The van der Waals surface area contributed by atoms with Gasteiger partial charge in [0, 0.05) is 0 Å². The smallest absolute Gasteiger partial charge is 0.163 e. The number of anilines is 1. The summed E-state index contributed by atoms with van der Waals surface area (Å²) in [5.74, 6) is 0.120. The highest BCUT2D eigenvalue weighted by molar-refractivity contribution is 6.09. The van der Waals surface area contributed by atoms with Gasteiger partial charge in [0.1, 0.15) is 18.5 Å². The largest absolute Gasteiger partial charge is 0.489 e. The number of hydrogen-bond acceptors (Lipinski definition) is 4. The molecule has 0 amide bonds. The molecule has 0 aliphatic carbocycles. The fourth-order valence-corrected chi connectivity index (χ4v) is 2.18. The van der Waals surface area contributed by atoms with Gasteiger partial charge >= 0.3 is 0 Å². The molecule has 1 saturated heterocycles. The molecule has 2 radical (unpaired) electrons. The molecule has 1 aromatic rings. The number of nitrogens with two attached hydrogens (primary N) is 1. The van der Waals surface area contributed by atoms with E-state index in [4.69, 9.17) is 27.8 Å². The third kappa shape index (κ3) is 3.22. The Hall–Kier alpha value is -1.20. The lowest BCUT2D eigenvalue weighted by Crippen LogP contribution is -2.25. The molecule has 1 atom stereocenters. The Labute approximate surface area is 115 Å². The van der Waals surface area contributed by atoms with Gasteiger partial charge in [-0.15, -0.1) is 0 Å². The lowest BCUT2D eigenvalue weighted by Gasteiger charge is -2.18. The summed E-state index contributed by atoms with van der Waals surface area (Å²) in [6, 6.07) is 3.83. The zero-order chi connectivity index (χ0) is 14.0. The quantitative estimate of drug-likeness (QED) is 0.663. The zero-order valence-corrected chi connectivity index (χ0v) is 11.7. The van der Waals surface area contributed by atoms with Crippen LogP contribution in [0.25, 0.3) is 0 Å². The van der Waals surface area contributed by atoms with Crippen LogP contribution in [0.5, 0.6) is 5.75 Å². The number of benzene rings is 1. The fourth-order valence-electron chi connectivity index (χ4n) is 2.18. The second-order valence-electron chi connectivity index (χ2n) is 5.24. The van der Waals surface area contributed by atoms with Gasteiger partial charge in [-0.3, -0.25) is 0 Å². The molecule has 0 bridgehead atoms. The summed E-state index contributed by atoms with van der Waals surface area (Å²) in [6.07, 6.45) is 0.335. The molecular weight excluding hydrogens is 241 g/mol. The first-order valence-electron chi connectivity index (χ1n) is 6.45. The monoisotopic (exact) mass is 261 g/mol. The summed E-state index contributed by atoms with van der Waals surface area (Å²) >= 11 is 0. The van der Waals surface area contributed by atoms with Crippen LogP contribution in [-0.2, 0) is 15.8 Å². The Kier molecular flexibility index (Phi) is 4.06. The Morgan fingerprint density at radius 2 is 2.21 bits per heavy atom. The molecule has 1 aromatic carbocycles. The van der Waals surface area contributed by atoms with Crippen LogP contribution in [-0.4, -0.2) is 33.0 Å². The maximum atomic E-state index is 6.06. The van der Waals surface area contributed by atoms with Crippen molar-refractivity contribution < 1.29 is 14.2 Å². The fraction of sp³-hybridized carbons (Fsp3) is 0.571. The Morgan fingerprint density at radius 1 is 1.47 bits per heavy atom. The Morgan fingerprint density at radius 3 is 2.79 bits per heavy atom. The SMILES string of the molecule is [B]Cc1c(C)ccc(OCC2COC(C)(C)O2)c1N. The van der Waals surface area contributed by atoms with Crippen molar-refractivity contribution in [2.45, 2.75) is 39.0 Å². The van der Waals surface area contributed by atoms with Gasteiger partial charge in [0.05, 0.1) is 20.1 Å². The Bertz CT molecular complexity index is 462. The molecule has 1 aliphatic rings. The third-order valence-electron chi connectivity index (χ3n) is 3.25. The molecule has 1 aliphatic heterocycles. The van der Waals surface area contributed by atoms with Crippen LogP contribution in [0.15, 0.2) is 12.1 Å². The van der Waals surface area contributed by atoms with Crippen molar-refractivity contribution in [3.8, 4) is 5.75 Å². The molecule has 4 nitrogen and oxygen atoms in total. The first kappa shape index (κ1) is 14.2. The van der Waals surface area contributed by atoms with Crippen molar-refractivity contribution in [2.24, 2.45) is 0 Å². The van der Waals surface area contributed by atoms with E-state index < -0.39 is 5.79 Å². The summed E-state index contributed by atoms with van der Waals surface area (Å²) in [6.45, 7) is 6.71. The number of aryl methyl sites for hydroxylation is 1. The van der Waals surface area contributed by atoms with Gasteiger partial charge in [0.25, 0.3) is 0 Å². The van der Waals surface area contributed by atoms with E-state index in [1.807, 2.05) is 32.9 Å². The summed E-state index contributed by atoms with van der Waals surface area (Å²) in [4.78, 5) is 0. The van der Waals surface area contributed by atoms with E-state index in [-0.39, 0.29) is 6.10 Å². The van der Waals surface area contributed by atoms with E-state index in [1.165, 1.54) is 0 Å². The second kappa shape index (κ2) is 5.43. The summed E-state index contributed by atoms with van der Waals surface area (Å²) in [7, 11) is 5.69. The van der Waals surface area contributed by atoms with E-state index in [2.05, 4.69) is 0 Å². The first-order chi connectivity index (χ1) is 8.93. The molecule has 0 saturated carbocycles. The van der Waals surface area contributed by atoms with Crippen LogP contribution in [0.2, 0.25) is 0 Å². The minimum Gasteiger partial charge on any atom is -0.489 e. The Balaban J connectivity index is 2.01. The number of ether oxygens (including phenoxy) is 3. The third-order valence-corrected chi connectivity index (χ3v) is 3.25. The highest BCUT2D eigenvalue weighted by Crippen LogP contribution is 2.29. The molecule has 0 spiro atoms. The average molecular weight is 261 g/mol. The average Bonchev–Trinajstić information content (AvgIpc) is 2.69. The standard InChI is InChI=1S/C14H20BNO3/c1-9-4-5-12(13(16)11(9)6-15)17-7-10-8-18-14(2,3)19-10/h4-5,10H,6-8,16H2,1-3H3. The van der Waals surface area contributed by atoms with Gasteiger partial charge < -0.3 is 19.9 Å². The van der Waals surface area contributed by atoms with Crippen molar-refractivity contribution in [1.82, 2.24) is 0 Å². The van der Waals surface area contributed by atoms with Crippen molar-refractivity contribution in [2.75, 3.05) is 18.9 Å². The van der Waals surface area contributed by atoms with Gasteiger partial charge in [-0.05, 0) is 38.0 Å². The second-order valence-corrected chi connectivity index (χ2v) is 5.24. The molecule has 102 valence electrons. The molecule has 1 unspecified atom stereocenters. The minimum atomic E-state index is -0.532. The molecule has 2 rings (SSSR count). The van der Waals surface area contributed by atoms with E-state index in [0.717, 1.165) is 11.1 Å². The summed E-state index contributed by atoms with van der Waals surface area (Å²) in [5, 5.41) is 0. The van der Waals surface area contributed by atoms with Crippen LogP contribution >= 0.6 is 0 Å². The minimum absolute atomic E-state index is 0.0722. The van der Waals surface area contributed by atoms with Crippen LogP contribution in [0.1, 0.15) is 25.0 Å². The molecule has 19 heavy (non-hydrogen) atoms. The molecule has 0 aromatic heterocycles. The van der Waals surface area contributed by atoms with E-state index in [0.29, 0.717) is 31.0 Å². The van der Waals surface area contributed by atoms with Gasteiger partial charge in [-0.2, -0.15) is 0 Å². The van der Waals surface area contributed by atoms with Crippen LogP contribution in [0, 0.1) is 6.92 Å². The maximum absolute atomic E-state index is 6.06. The van der Waals surface area contributed by atoms with Gasteiger partial charge in [-0.25, -0.2) is 0 Å². The van der Waals surface area contributed by atoms with Crippen molar-refractivity contribution in [3.05, 3.63) is 23.3 Å². The first-order valence-corrected chi connectivity index (χ1v) is 6.45. The molecule has 5 heteroatoms. The molecule has 2 N–H and O–H groups in total. The van der Waals surface area contributed by atoms with Gasteiger partial charge in [-0.1, -0.05) is 12.4 Å². The van der Waals surface area contributed by atoms with E-state index in [9.17, 15) is 0 Å². The highest BCUT2D eigenvalue weighted by atomic mass is 16.7. The lowest BCUT2D eigenvalue weighted by atomic mass is 9.92. The molecule has 1 fully saturated rings. The van der Waals surface area contributed by atoms with Crippen molar-refractivity contribution in [3.63, 3.8) is 0 Å². The number of nitrogen functional groups attached to an aromatic ring is 1. The van der Waals surface area contributed by atoms with Crippen molar-refractivity contribution >= 4 is 13.5 Å². The van der Waals surface area contributed by atoms with Crippen LogP contribution < -0.4 is 10.5 Å². The maximum Gasteiger partial charge on any atom is 0.163 e. The van der Waals surface area contributed by atoms with Gasteiger partial charge in [0.2, 0.25) is 0 Å². The van der Waals surface area contributed by atoms with Crippen molar-refractivity contribution in [1.29, 1.82) is 0 Å². The van der Waals surface area contributed by atoms with Crippen LogP contribution in [0.4, 0.5) is 5.69 Å². The van der Waals surface area contributed by atoms with E-state index in [1.54, 1.807) is 0 Å². The topological polar surface area (TPSA) is 53.7 Å². The normalized spacial score (nSPS) is 21.5. The zero-order valence-electron chi connectivity index (χ0n) is 11.7. The van der Waals surface area contributed by atoms with Gasteiger partial charge in [0.15, 0.2) is 5.79 Å². The van der Waals surface area contributed by atoms with E-state index >= 15 is 0 Å². The predicted molar refractivity (Wildman–Crippen MR) is 75.4 cm³/mol. The lowest BCUT2D eigenvalue weighted by molar-refractivity contribution is -0.141. The summed E-state index contributed by atoms with van der Waals surface area (Å²) < 4.78 is 16.9. The summed E-state index contributed by atoms with van der Waals surface area (Å²) in [5.41, 5.74) is 8.68. The molecular formula is C14H20BNO3. The predicted octanol–water partition coefficient (Wildman–Crippen LogP) is 1.78. The number of rotatable bonds is 4. The highest BCUT2D eigenvalue weighted by Gasteiger charge is 2.33.